The highest BCUT2D eigenvalue weighted by atomic mass is 16.5. The van der Waals surface area contributed by atoms with E-state index < -0.39 is 0 Å². The molecular weight excluding hydrogens is 230 g/mol. The third-order valence-corrected chi connectivity index (χ3v) is 3.17. The summed E-state index contributed by atoms with van der Waals surface area (Å²) in [6.45, 7) is 1.48. The van der Waals surface area contributed by atoms with Crippen LogP contribution in [-0.2, 0) is 4.74 Å². The van der Waals surface area contributed by atoms with Crippen LogP contribution in [0.1, 0.15) is 32.1 Å². The minimum Gasteiger partial charge on any atom is -0.481 e. The van der Waals surface area contributed by atoms with E-state index in [0.717, 1.165) is 19.0 Å². The van der Waals surface area contributed by atoms with Crippen molar-refractivity contribution in [2.75, 3.05) is 25.6 Å². The van der Waals surface area contributed by atoms with Crippen LogP contribution in [0.5, 0.6) is 5.88 Å². The molecule has 1 aromatic rings. The molecule has 0 saturated heterocycles. The SMILES string of the molecule is COc1cc(NCCOC2CCCCC2)ncn1. The van der Waals surface area contributed by atoms with E-state index in [2.05, 4.69) is 15.3 Å². The van der Waals surface area contributed by atoms with Crippen LogP contribution in [0.15, 0.2) is 12.4 Å². The lowest BCUT2D eigenvalue weighted by atomic mass is 9.98. The highest BCUT2D eigenvalue weighted by Crippen LogP contribution is 2.20. The summed E-state index contributed by atoms with van der Waals surface area (Å²) in [6.07, 6.45) is 8.34. The standard InChI is InChI=1S/C13H21N3O2/c1-17-13-9-12(15-10-16-13)14-7-8-18-11-5-3-2-4-6-11/h9-11H,2-8H2,1H3,(H,14,15,16). The summed E-state index contributed by atoms with van der Waals surface area (Å²) in [6, 6.07) is 1.78. The average Bonchev–Trinajstić information content (AvgIpc) is 2.45. The van der Waals surface area contributed by atoms with Crippen LogP contribution in [-0.4, -0.2) is 36.3 Å². The molecule has 1 aliphatic rings. The maximum Gasteiger partial charge on any atom is 0.218 e. The monoisotopic (exact) mass is 251 g/mol. The highest BCUT2D eigenvalue weighted by Gasteiger charge is 2.12. The molecule has 1 aromatic heterocycles. The van der Waals surface area contributed by atoms with E-state index in [-0.39, 0.29) is 0 Å². The van der Waals surface area contributed by atoms with Gasteiger partial charge in [0.05, 0.1) is 19.8 Å². The summed E-state index contributed by atoms with van der Waals surface area (Å²) in [4.78, 5) is 8.07. The van der Waals surface area contributed by atoms with Crippen molar-refractivity contribution < 1.29 is 9.47 Å². The molecule has 0 atom stereocenters. The largest absolute Gasteiger partial charge is 0.481 e. The fraction of sp³-hybridized carbons (Fsp3) is 0.692. The molecular formula is C13H21N3O2. The van der Waals surface area contributed by atoms with Crippen LogP contribution >= 0.6 is 0 Å². The number of anilines is 1. The van der Waals surface area contributed by atoms with Gasteiger partial charge in [-0.2, -0.15) is 0 Å². The van der Waals surface area contributed by atoms with E-state index in [4.69, 9.17) is 9.47 Å². The first kappa shape index (κ1) is 13.1. The van der Waals surface area contributed by atoms with E-state index in [1.807, 2.05) is 0 Å². The summed E-state index contributed by atoms with van der Waals surface area (Å²) in [5.74, 6) is 1.34. The predicted octanol–water partition coefficient (Wildman–Crippen LogP) is 2.25. The van der Waals surface area contributed by atoms with Gasteiger partial charge in [0.2, 0.25) is 5.88 Å². The Bertz CT molecular complexity index is 354. The molecule has 1 N–H and O–H groups in total. The fourth-order valence-corrected chi connectivity index (χ4v) is 2.18. The molecule has 18 heavy (non-hydrogen) atoms. The lowest BCUT2D eigenvalue weighted by molar-refractivity contribution is 0.0347. The lowest BCUT2D eigenvalue weighted by Gasteiger charge is -2.22. The van der Waals surface area contributed by atoms with Crippen molar-refractivity contribution in [3.8, 4) is 5.88 Å². The number of nitrogens with one attached hydrogen (secondary N) is 1. The molecule has 0 radical (unpaired) electrons. The van der Waals surface area contributed by atoms with E-state index in [9.17, 15) is 0 Å². The van der Waals surface area contributed by atoms with Gasteiger partial charge < -0.3 is 14.8 Å². The lowest BCUT2D eigenvalue weighted by Crippen LogP contribution is -2.20. The number of ether oxygens (including phenoxy) is 2. The van der Waals surface area contributed by atoms with Crippen molar-refractivity contribution >= 4 is 5.82 Å². The molecule has 0 unspecified atom stereocenters. The Kier molecular flexibility index (Phi) is 5.20. The number of methoxy groups -OCH3 is 1. The smallest absolute Gasteiger partial charge is 0.218 e. The van der Waals surface area contributed by atoms with Crippen LogP contribution in [0.4, 0.5) is 5.82 Å². The number of hydrogen-bond donors (Lipinski definition) is 1. The Hall–Kier alpha value is -1.36. The second-order valence-electron chi connectivity index (χ2n) is 4.50. The average molecular weight is 251 g/mol. The zero-order chi connectivity index (χ0) is 12.6. The van der Waals surface area contributed by atoms with Crippen molar-refractivity contribution in [2.24, 2.45) is 0 Å². The predicted molar refractivity (Wildman–Crippen MR) is 69.9 cm³/mol. The van der Waals surface area contributed by atoms with Gasteiger partial charge in [-0.15, -0.1) is 0 Å². The Morgan fingerprint density at radius 2 is 2.11 bits per heavy atom. The van der Waals surface area contributed by atoms with Crippen LogP contribution in [0.3, 0.4) is 0 Å². The van der Waals surface area contributed by atoms with Gasteiger partial charge >= 0.3 is 0 Å². The maximum absolute atomic E-state index is 5.82. The van der Waals surface area contributed by atoms with Gasteiger partial charge in [-0.1, -0.05) is 19.3 Å². The molecule has 1 saturated carbocycles. The minimum atomic E-state index is 0.459. The maximum atomic E-state index is 5.82. The molecule has 5 nitrogen and oxygen atoms in total. The zero-order valence-corrected chi connectivity index (χ0v) is 10.9. The molecule has 0 aliphatic heterocycles. The van der Waals surface area contributed by atoms with E-state index in [1.165, 1.54) is 38.4 Å². The molecule has 0 aromatic carbocycles. The molecule has 100 valence electrons. The number of aromatic nitrogens is 2. The molecule has 0 bridgehead atoms. The van der Waals surface area contributed by atoms with Gasteiger partial charge in [0.25, 0.3) is 0 Å². The minimum absolute atomic E-state index is 0.459. The third kappa shape index (κ3) is 4.14. The topological polar surface area (TPSA) is 56.3 Å². The second kappa shape index (κ2) is 7.16. The third-order valence-electron chi connectivity index (χ3n) is 3.17. The van der Waals surface area contributed by atoms with Crippen molar-refractivity contribution in [2.45, 2.75) is 38.2 Å². The normalized spacial score (nSPS) is 16.5. The first-order valence-electron chi connectivity index (χ1n) is 6.60. The number of rotatable bonds is 6. The van der Waals surface area contributed by atoms with E-state index >= 15 is 0 Å². The molecule has 0 spiro atoms. The van der Waals surface area contributed by atoms with Crippen LogP contribution < -0.4 is 10.1 Å². The van der Waals surface area contributed by atoms with E-state index in [0.29, 0.717) is 12.0 Å². The molecule has 0 amide bonds. The summed E-state index contributed by atoms with van der Waals surface area (Å²) < 4.78 is 10.9. The molecule has 1 aliphatic carbocycles. The Balaban J connectivity index is 1.65. The van der Waals surface area contributed by atoms with Gasteiger partial charge in [-0.25, -0.2) is 9.97 Å². The van der Waals surface area contributed by atoms with Crippen LogP contribution in [0.2, 0.25) is 0 Å². The van der Waals surface area contributed by atoms with Crippen molar-refractivity contribution in [1.29, 1.82) is 0 Å². The molecule has 5 heteroatoms. The quantitative estimate of drug-likeness (QED) is 0.786. The number of nitrogens with zero attached hydrogens (tertiary/aromatic N) is 2. The molecule has 1 heterocycles. The van der Waals surface area contributed by atoms with Crippen LogP contribution in [0, 0.1) is 0 Å². The highest BCUT2D eigenvalue weighted by molar-refractivity contribution is 5.36. The van der Waals surface area contributed by atoms with Crippen molar-refractivity contribution in [3.63, 3.8) is 0 Å². The molecule has 1 fully saturated rings. The summed E-state index contributed by atoms with van der Waals surface area (Å²) in [5, 5.41) is 3.20. The first-order valence-corrected chi connectivity index (χ1v) is 6.60. The van der Waals surface area contributed by atoms with Gasteiger partial charge in [-0.05, 0) is 12.8 Å². The van der Waals surface area contributed by atoms with Crippen molar-refractivity contribution in [3.05, 3.63) is 12.4 Å². The van der Waals surface area contributed by atoms with Gasteiger partial charge in [0.1, 0.15) is 12.1 Å². The summed E-state index contributed by atoms with van der Waals surface area (Å²) >= 11 is 0. The second-order valence-corrected chi connectivity index (χ2v) is 4.50. The fourth-order valence-electron chi connectivity index (χ4n) is 2.18. The molecule has 2 rings (SSSR count). The van der Waals surface area contributed by atoms with Gasteiger partial charge in [0.15, 0.2) is 0 Å². The summed E-state index contributed by atoms with van der Waals surface area (Å²) in [7, 11) is 1.60. The Morgan fingerprint density at radius 1 is 1.28 bits per heavy atom. The van der Waals surface area contributed by atoms with Gasteiger partial charge in [-0.3, -0.25) is 0 Å². The zero-order valence-electron chi connectivity index (χ0n) is 10.9. The van der Waals surface area contributed by atoms with E-state index in [1.54, 1.807) is 13.2 Å². The van der Waals surface area contributed by atoms with Crippen LogP contribution in [0.25, 0.3) is 0 Å². The first-order chi connectivity index (χ1) is 8.88. The summed E-state index contributed by atoms with van der Waals surface area (Å²) in [5.41, 5.74) is 0. The Labute approximate surface area is 108 Å². The number of hydrogen-bond acceptors (Lipinski definition) is 5. The Morgan fingerprint density at radius 3 is 2.89 bits per heavy atom. The van der Waals surface area contributed by atoms with Crippen molar-refractivity contribution in [1.82, 2.24) is 9.97 Å². The van der Waals surface area contributed by atoms with Gasteiger partial charge in [0, 0.05) is 12.6 Å².